The van der Waals surface area contributed by atoms with E-state index in [1.54, 1.807) is 0 Å². The Morgan fingerprint density at radius 2 is 1.59 bits per heavy atom. The van der Waals surface area contributed by atoms with E-state index in [0.717, 1.165) is 54.0 Å². The average molecular weight is 468 g/mol. The summed E-state index contributed by atoms with van der Waals surface area (Å²) in [5.74, 6) is 0.770. The lowest BCUT2D eigenvalue weighted by Crippen LogP contribution is -2.22. The van der Waals surface area contributed by atoms with Gasteiger partial charge in [-0.05, 0) is 43.4 Å². The van der Waals surface area contributed by atoms with E-state index in [1.807, 2.05) is 71.3 Å². The fourth-order valence-corrected chi connectivity index (χ4v) is 4.86. The lowest BCUT2D eigenvalue weighted by atomic mass is 10.0. The van der Waals surface area contributed by atoms with E-state index < -0.39 is 0 Å². The Morgan fingerprint density at radius 3 is 2.41 bits per heavy atom. The van der Waals surface area contributed by atoms with Crippen LogP contribution in [0.2, 0.25) is 0 Å². The summed E-state index contributed by atoms with van der Waals surface area (Å²) in [4.78, 5) is 12.7. The highest BCUT2D eigenvalue weighted by Gasteiger charge is 2.18. The molecule has 0 unspecified atom stereocenters. The fourth-order valence-electron chi connectivity index (χ4n) is 4.12. The molecule has 0 atom stereocenters. The van der Waals surface area contributed by atoms with Crippen LogP contribution in [-0.2, 0) is 11.2 Å². The number of nitrogens with zero attached hydrogens (tertiary/aromatic N) is 4. The zero-order chi connectivity index (χ0) is 23.2. The van der Waals surface area contributed by atoms with Crippen LogP contribution >= 0.6 is 11.8 Å². The van der Waals surface area contributed by atoms with Crippen molar-refractivity contribution in [2.45, 2.75) is 30.8 Å². The lowest BCUT2D eigenvalue weighted by Gasteiger charge is -2.10. The highest BCUT2D eigenvalue weighted by atomic mass is 32.2. The van der Waals surface area contributed by atoms with Crippen molar-refractivity contribution in [1.29, 1.82) is 0 Å². The summed E-state index contributed by atoms with van der Waals surface area (Å²) in [6.07, 6.45) is 4.13. The second-order valence-electron chi connectivity index (χ2n) is 8.09. The van der Waals surface area contributed by atoms with Crippen molar-refractivity contribution in [3.8, 4) is 17.1 Å². The van der Waals surface area contributed by atoms with E-state index in [4.69, 9.17) is 0 Å². The number of rotatable bonds is 6. The molecule has 7 heteroatoms. The number of benzene rings is 3. The van der Waals surface area contributed by atoms with Gasteiger partial charge in [-0.25, -0.2) is 5.43 Å². The van der Waals surface area contributed by atoms with Gasteiger partial charge in [0, 0.05) is 16.8 Å². The predicted molar refractivity (Wildman–Crippen MR) is 136 cm³/mol. The molecule has 1 N–H and O–H groups in total. The monoisotopic (exact) mass is 467 g/mol. The smallest absolute Gasteiger partial charge is 0.250 e. The van der Waals surface area contributed by atoms with Crippen LogP contribution in [0.1, 0.15) is 30.4 Å². The maximum atomic E-state index is 12.7. The summed E-state index contributed by atoms with van der Waals surface area (Å²) < 4.78 is 1.99. The third kappa shape index (κ3) is 4.94. The maximum Gasteiger partial charge on any atom is 0.250 e. The molecule has 3 aromatic carbocycles. The molecule has 1 heterocycles. The van der Waals surface area contributed by atoms with Crippen LogP contribution in [0.25, 0.3) is 17.1 Å². The van der Waals surface area contributed by atoms with Crippen LogP contribution in [0.5, 0.6) is 0 Å². The van der Waals surface area contributed by atoms with Gasteiger partial charge in [0.25, 0.3) is 5.91 Å². The van der Waals surface area contributed by atoms with Crippen LogP contribution in [0.4, 0.5) is 0 Å². The molecule has 5 rings (SSSR count). The van der Waals surface area contributed by atoms with Crippen LogP contribution in [0.3, 0.4) is 0 Å². The average Bonchev–Trinajstić information content (AvgIpc) is 3.21. The summed E-state index contributed by atoms with van der Waals surface area (Å²) in [5.41, 5.74) is 8.06. The van der Waals surface area contributed by atoms with Gasteiger partial charge in [-0.1, -0.05) is 84.6 Å². The molecule has 6 nitrogen and oxygen atoms in total. The van der Waals surface area contributed by atoms with E-state index in [2.05, 4.69) is 38.9 Å². The number of para-hydroxylation sites is 1. The van der Waals surface area contributed by atoms with Crippen molar-refractivity contribution < 1.29 is 4.79 Å². The molecule has 1 aromatic heterocycles. The molecule has 0 radical (unpaired) electrons. The quantitative estimate of drug-likeness (QED) is 0.238. The topological polar surface area (TPSA) is 72.2 Å². The van der Waals surface area contributed by atoms with Crippen LogP contribution in [0, 0.1) is 0 Å². The Kier molecular flexibility index (Phi) is 6.81. The standard InChI is InChI=1S/C27H25N5OS/c33-25(29-28-24-18-10-8-12-20-11-7-9-17-23(20)24)19-34-27-31-30-26(21-13-3-1-4-14-21)32(27)22-15-5-2-6-16-22/h1-7,9,11,13-17H,8,10,12,18-19H2,(H,29,33)/b28-24+. The van der Waals surface area contributed by atoms with Gasteiger partial charge in [0.15, 0.2) is 11.0 Å². The van der Waals surface area contributed by atoms with Crippen LogP contribution in [0.15, 0.2) is 95.2 Å². The van der Waals surface area contributed by atoms with Gasteiger partial charge in [-0.15, -0.1) is 10.2 Å². The molecule has 0 saturated carbocycles. The van der Waals surface area contributed by atoms with Crippen molar-refractivity contribution in [3.63, 3.8) is 0 Å². The number of aryl methyl sites for hydroxylation is 1. The number of nitrogens with one attached hydrogen (secondary N) is 1. The van der Waals surface area contributed by atoms with Crippen molar-refractivity contribution in [3.05, 3.63) is 96.1 Å². The van der Waals surface area contributed by atoms with E-state index in [0.29, 0.717) is 5.16 Å². The molecular weight excluding hydrogens is 442 g/mol. The Labute approximate surface area is 203 Å². The number of hydrazone groups is 1. The van der Waals surface area contributed by atoms with Crippen LogP contribution < -0.4 is 5.43 Å². The van der Waals surface area contributed by atoms with Crippen LogP contribution in [-0.4, -0.2) is 32.1 Å². The first-order valence-corrected chi connectivity index (χ1v) is 12.4. The largest absolute Gasteiger partial charge is 0.272 e. The van der Waals surface area contributed by atoms with Crippen molar-refractivity contribution in [1.82, 2.24) is 20.2 Å². The maximum absolute atomic E-state index is 12.7. The minimum Gasteiger partial charge on any atom is -0.272 e. The van der Waals surface area contributed by atoms with Gasteiger partial charge < -0.3 is 0 Å². The number of amides is 1. The normalized spacial score (nSPS) is 14.4. The molecule has 1 amide bonds. The fraction of sp³-hybridized carbons (Fsp3) is 0.185. The van der Waals surface area contributed by atoms with Gasteiger partial charge >= 0.3 is 0 Å². The SMILES string of the molecule is O=C(CSc1nnc(-c2ccccc2)n1-c1ccccc1)N/N=C1\CCCCc2ccccc21. The highest BCUT2D eigenvalue weighted by Crippen LogP contribution is 2.28. The molecule has 0 bridgehead atoms. The van der Waals surface area contributed by atoms with E-state index in [1.165, 1.54) is 17.3 Å². The lowest BCUT2D eigenvalue weighted by molar-refractivity contribution is -0.118. The van der Waals surface area contributed by atoms with Gasteiger partial charge in [-0.2, -0.15) is 5.10 Å². The molecule has 0 saturated heterocycles. The zero-order valence-corrected chi connectivity index (χ0v) is 19.5. The third-order valence-electron chi connectivity index (χ3n) is 5.77. The molecule has 0 aliphatic heterocycles. The van der Waals surface area contributed by atoms with Crippen molar-refractivity contribution in [2.75, 3.05) is 5.75 Å². The second-order valence-corrected chi connectivity index (χ2v) is 9.03. The number of hydrogen-bond donors (Lipinski definition) is 1. The van der Waals surface area contributed by atoms with Gasteiger partial charge in [-0.3, -0.25) is 9.36 Å². The first kappa shape index (κ1) is 22.1. The summed E-state index contributed by atoms with van der Waals surface area (Å²) >= 11 is 1.35. The third-order valence-corrected chi connectivity index (χ3v) is 6.69. The Hall–Kier alpha value is -3.71. The Morgan fingerprint density at radius 1 is 0.882 bits per heavy atom. The molecule has 1 aliphatic carbocycles. The number of aromatic nitrogens is 3. The number of carbonyl (C=O) groups is 1. The Balaban J connectivity index is 1.33. The molecule has 4 aromatic rings. The number of hydrogen-bond acceptors (Lipinski definition) is 5. The van der Waals surface area contributed by atoms with Crippen molar-refractivity contribution >= 4 is 23.4 Å². The van der Waals surface area contributed by atoms with Crippen molar-refractivity contribution in [2.24, 2.45) is 5.10 Å². The minimum atomic E-state index is -0.164. The van der Waals surface area contributed by atoms with Gasteiger partial charge in [0.2, 0.25) is 0 Å². The van der Waals surface area contributed by atoms with Gasteiger partial charge in [0.05, 0.1) is 11.5 Å². The minimum absolute atomic E-state index is 0.164. The summed E-state index contributed by atoms with van der Waals surface area (Å²) in [6, 6.07) is 28.2. The van der Waals surface area contributed by atoms with Gasteiger partial charge in [0.1, 0.15) is 0 Å². The molecule has 34 heavy (non-hydrogen) atoms. The zero-order valence-electron chi connectivity index (χ0n) is 18.7. The summed E-state index contributed by atoms with van der Waals surface area (Å²) in [6.45, 7) is 0. The van der Waals surface area contributed by atoms with E-state index >= 15 is 0 Å². The van der Waals surface area contributed by atoms with E-state index in [9.17, 15) is 4.79 Å². The molecule has 0 fully saturated rings. The summed E-state index contributed by atoms with van der Waals surface area (Å²) in [5, 5.41) is 14.0. The highest BCUT2D eigenvalue weighted by molar-refractivity contribution is 7.99. The summed E-state index contributed by atoms with van der Waals surface area (Å²) in [7, 11) is 0. The second kappa shape index (κ2) is 10.5. The number of carbonyl (C=O) groups excluding carboxylic acids is 1. The predicted octanol–water partition coefficient (Wildman–Crippen LogP) is 5.27. The first-order chi connectivity index (χ1) is 16.8. The number of thioether (sulfide) groups is 1. The molecule has 1 aliphatic rings. The molecule has 0 spiro atoms. The number of fused-ring (bicyclic) bond motifs is 1. The molecular formula is C27H25N5OS. The molecule has 170 valence electrons. The van der Waals surface area contributed by atoms with E-state index in [-0.39, 0.29) is 11.7 Å². The Bertz CT molecular complexity index is 1300. The first-order valence-electron chi connectivity index (χ1n) is 11.4.